The summed E-state index contributed by atoms with van der Waals surface area (Å²) in [6.45, 7) is 11.2. The smallest absolute Gasteiger partial charge is 0.220 e. The predicted molar refractivity (Wildman–Crippen MR) is 173 cm³/mol. The molecule has 8 nitrogen and oxygen atoms in total. The molecule has 4 aromatic heterocycles. The van der Waals surface area contributed by atoms with E-state index in [2.05, 4.69) is 88.8 Å². The number of anilines is 2. The zero-order valence-electron chi connectivity index (χ0n) is 25.7. The number of nitrogens with two attached hydrogens (primary N) is 2. The van der Waals surface area contributed by atoms with E-state index in [9.17, 15) is 0 Å². The summed E-state index contributed by atoms with van der Waals surface area (Å²) >= 11 is 0. The quantitative estimate of drug-likeness (QED) is 0.243. The van der Waals surface area contributed by atoms with Gasteiger partial charge < -0.3 is 11.5 Å². The van der Waals surface area contributed by atoms with Gasteiger partial charge in [-0.05, 0) is 89.8 Å². The van der Waals surface area contributed by atoms with Gasteiger partial charge in [0.05, 0.1) is 16.8 Å². The number of aromatic nitrogens is 6. The Morgan fingerprint density at radius 3 is 2.09 bits per heavy atom. The number of pyridine rings is 2. The second kappa shape index (κ2) is 10.7. The molecule has 8 heteroatoms. The van der Waals surface area contributed by atoms with Crippen LogP contribution >= 0.6 is 0 Å². The van der Waals surface area contributed by atoms with Gasteiger partial charge in [0.2, 0.25) is 11.9 Å². The monoisotopic (exact) mass is 572 g/mol. The number of fused-ring (bicyclic) bond motifs is 5. The lowest BCUT2D eigenvalue weighted by molar-refractivity contribution is 0.335. The van der Waals surface area contributed by atoms with Crippen LogP contribution in [0.15, 0.2) is 67.5 Å². The maximum absolute atomic E-state index is 5.85. The molecule has 0 amide bonds. The third-order valence-electron chi connectivity index (χ3n) is 9.20. The Balaban J connectivity index is 0.000000153. The minimum atomic E-state index is -0.189. The van der Waals surface area contributed by atoms with Crippen LogP contribution in [0.1, 0.15) is 82.3 Å². The number of nitrogen functional groups attached to an aromatic ring is 2. The van der Waals surface area contributed by atoms with Crippen molar-refractivity contribution in [1.82, 2.24) is 29.9 Å². The van der Waals surface area contributed by atoms with E-state index in [-0.39, 0.29) is 10.8 Å². The molecule has 0 aromatic carbocycles. The molecule has 0 bridgehead atoms. The highest BCUT2D eigenvalue weighted by atomic mass is 15.0. The van der Waals surface area contributed by atoms with Gasteiger partial charge in [-0.1, -0.05) is 45.9 Å². The van der Waals surface area contributed by atoms with Crippen molar-refractivity contribution in [1.29, 1.82) is 0 Å². The summed E-state index contributed by atoms with van der Waals surface area (Å²) in [6, 6.07) is 4.07. The molecule has 7 rings (SSSR count). The van der Waals surface area contributed by atoms with Crippen LogP contribution in [0.3, 0.4) is 0 Å². The fourth-order valence-electron chi connectivity index (χ4n) is 6.43. The number of hydrogen-bond donors (Lipinski definition) is 2. The second-order valence-corrected chi connectivity index (χ2v) is 13.5. The molecule has 0 radical (unpaired) electrons. The van der Waals surface area contributed by atoms with Gasteiger partial charge in [0, 0.05) is 48.3 Å². The van der Waals surface area contributed by atoms with Crippen molar-refractivity contribution < 1.29 is 0 Å². The highest BCUT2D eigenvalue weighted by Crippen LogP contribution is 2.54. The van der Waals surface area contributed by atoms with Crippen LogP contribution in [0.2, 0.25) is 0 Å². The highest BCUT2D eigenvalue weighted by molar-refractivity contribution is 5.81. The minimum Gasteiger partial charge on any atom is -0.368 e. The van der Waals surface area contributed by atoms with Gasteiger partial charge >= 0.3 is 0 Å². The van der Waals surface area contributed by atoms with E-state index >= 15 is 0 Å². The number of nitrogens with zero attached hydrogens (tertiary/aromatic N) is 6. The molecule has 0 aliphatic heterocycles. The molecule has 3 aliphatic rings. The first kappa shape index (κ1) is 28.6. The molecule has 4 N–H and O–H groups in total. The Morgan fingerprint density at radius 1 is 0.721 bits per heavy atom. The third kappa shape index (κ3) is 5.42. The lowest BCUT2D eigenvalue weighted by Crippen LogP contribution is -2.30. The maximum Gasteiger partial charge on any atom is 0.220 e. The van der Waals surface area contributed by atoms with Crippen molar-refractivity contribution in [3.05, 3.63) is 90.1 Å². The predicted octanol–water partition coefficient (Wildman–Crippen LogP) is 7.12. The van der Waals surface area contributed by atoms with Crippen LogP contribution in [-0.4, -0.2) is 29.9 Å². The lowest BCUT2D eigenvalue weighted by Gasteiger charge is -2.36. The standard InChI is InChI=1S/C18H22N4.C17H18N4/c1-12-10-20-9-6-14(12)15-11-21-17(19)22-16(15)13-4-7-18(2,3)8-5-13;1-16(2)4-6-17(7-5-16)13-10-19-8-3-11(13)12-9-20-15(18)21-14(12)17/h4,6,9-11H,5,7-8H2,1-3H3,(H2,19,21,22);3-4,6,8-10H,5,7H2,1-2H3,(H2,18,20,21). The maximum atomic E-state index is 5.85. The van der Waals surface area contributed by atoms with Crippen LogP contribution in [0.4, 0.5) is 11.9 Å². The average Bonchev–Trinajstić information content (AvgIpc) is 3.24. The molecule has 0 fully saturated rings. The van der Waals surface area contributed by atoms with Crippen molar-refractivity contribution >= 4 is 17.5 Å². The summed E-state index contributed by atoms with van der Waals surface area (Å²) in [5, 5.41) is 0. The van der Waals surface area contributed by atoms with Gasteiger partial charge in [0.15, 0.2) is 0 Å². The fraction of sp³-hybridized carbons (Fsp3) is 0.371. The molecule has 220 valence electrons. The van der Waals surface area contributed by atoms with Gasteiger partial charge in [-0.3, -0.25) is 9.97 Å². The van der Waals surface area contributed by atoms with E-state index in [0.29, 0.717) is 17.3 Å². The van der Waals surface area contributed by atoms with Crippen LogP contribution in [0.5, 0.6) is 0 Å². The van der Waals surface area contributed by atoms with Crippen LogP contribution in [-0.2, 0) is 5.41 Å². The number of aryl methyl sites for hydroxylation is 1. The molecule has 4 heterocycles. The number of rotatable bonds is 2. The van der Waals surface area contributed by atoms with Crippen molar-refractivity contribution in [2.24, 2.45) is 10.8 Å². The summed E-state index contributed by atoms with van der Waals surface area (Å²) in [5.74, 6) is 0.670. The summed E-state index contributed by atoms with van der Waals surface area (Å²) in [7, 11) is 0. The molecular weight excluding hydrogens is 532 g/mol. The number of allylic oxidation sites excluding steroid dienone is 4. The molecule has 3 aliphatic carbocycles. The van der Waals surface area contributed by atoms with Crippen molar-refractivity contribution in [3.63, 3.8) is 0 Å². The minimum absolute atomic E-state index is 0.189. The highest BCUT2D eigenvalue weighted by Gasteiger charge is 2.46. The third-order valence-corrected chi connectivity index (χ3v) is 9.20. The van der Waals surface area contributed by atoms with Gasteiger partial charge in [-0.2, -0.15) is 0 Å². The summed E-state index contributed by atoms with van der Waals surface area (Å²) in [4.78, 5) is 26.0. The van der Waals surface area contributed by atoms with Crippen molar-refractivity contribution in [2.45, 2.75) is 72.1 Å². The van der Waals surface area contributed by atoms with Crippen molar-refractivity contribution in [2.75, 3.05) is 11.5 Å². The van der Waals surface area contributed by atoms with Crippen LogP contribution < -0.4 is 11.5 Å². The average molecular weight is 573 g/mol. The Morgan fingerprint density at radius 2 is 1.42 bits per heavy atom. The zero-order valence-corrected chi connectivity index (χ0v) is 25.7. The van der Waals surface area contributed by atoms with Crippen LogP contribution in [0.25, 0.3) is 27.8 Å². The summed E-state index contributed by atoms with van der Waals surface area (Å²) in [6.07, 6.45) is 23.5. The van der Waals surface area contributed by atoms with Crippen molar-refractivity contribution in [3.8, 4) is 22.3 Å². The molecule has 0 saturated heterocycles. The van der Waals surface area contributed by atoms with Gasteiger partial charge in [-0.15, -0.1) is 0 Å². The largest absolute Gasteiger partial charge is 0.368 e. The topological polar surface area (TPSA) is 129 Å². The molecule has 4 aromatic rings. The number of hydrogen-bond acceptors (Lipinski definition) is 8. The van der Waals surface area contributed by atoms with E-state index in [1.54, 1.807) is 6.20 Å². The van der Waals surface area contributed by atoms with Gasteiger partial charge in [0.25, 0.3) is 0 Å². The van der Waals surface area contributed by atoms with Gasteiger partial charge in [-0.25, -0.2) is 19.9 Å². The van der Waals surface area contributed by atoms with E-state index in [1.165, 1.54) is 16.7 Å². The molecular formula is C35H40N8. The van der Waals surface area contributed by atoms with E-state index in [0.717, 1.165) is 65.7 Å². The fourth-order valence-corrected chi connectivity index (χ4v) is 6.43. The Labute approximate surface area is 253 Å². The molecule has 0 saturated carbocycles. The van der Waals surface area contributed by atoms with Gasteiger partial charge in [0.1, 0.15) is 0 Å². The Bertz CT molecular complexity index is 1750. The molecule has 43 heavy (non-hydrogen) atoms. The zero-order chi connectivity index (χ0) is 30.4. The summed E-state index contributed by atoms with van der Waals surface area (Å²) < 4.78 is 0. The van der Waals surface area contributed by atoms with E-state index < -0.39 is 0 Å². The normalized spacial score (nSPS) is 20.9. The Kier molecular flexibility index (Phi) is 7.11. The molecule has 1 unspecified atom stereocenters. The van der Waals surface area contributed by atoms with E-state index in [1.807, 2.05) is 37.1 Å². The summed E-state index contributed by atoms with van der Waals surface area (Å²) in [5.41, 5.74) is 22.2. The first-order valence-corrected chi connectivity index (χ1v) is 15.0. The first-order valence-electron chi connectivity index (χ1n) is 15.0. The lowest BCUT2D eigenvalue weighted by atomic mass is 9.67. The van der Waals surface area contributed by atoms with E-state index in [4.69, 9.17) is 11.5 Å². The van der Waals surface area contributed by atoms with Crippen LogP contribution in [0, 0.1) is 17.8 Å². The Hall–Kier alpha value is -4.46. The first-order chi connectivity index (χ1) is 20.5. The second-order valence-electron chi connectivity index (χ2n) is 13.5. The molecule has 1 atom stereocenters. The SMILES string of the molecule is CC1(C)C=CC2(CC1)c1cnccc1-c1cnc(N)nc12.Cc1cnccc1-c1cnc(N)nc1C1=CCC(C)(C)CC1. The molecule has 1 spiro atoms.